The Hall–Kier alpha value is -2.26. The second kappa shape index (κ2) is 8.91. The first-order valence-corrected chi connectivity index (χ1v) is 9.34. The predicted molar refractivity (Wildman–Crippen MR) is 106 cm³/mol. The second-order valence-electron chi connectivity index (χ2n) is 7.17. The zero-order valence-corrected chi connectivity index (χ0v) is 15.9. The fraction of sp³-hybridized carbons (Fsp3) is 0.391. The van der Waals surface area contributed by atoms with E-state index in [4.69, 9.17) is 5.73 Å². The maximum absolute atomic E-state index is 11.9. The third kappa shape index (κ3) is 4.47. The zero-order valence-electron chi connectivity index (χ0n) is 15.9. The summed E-state index contributed by atoms with van der Waals surface area (Å²) in [5.74, 6) is 0.697. The van der Waals surface area contributed by atoms with Gasteiger partial charge in [-0.2, -0.15) is 0 Å². The van der Waals surface area contributed by atoms with Crippen LogP contribution in [0.15, 0.2) is 54.6 Å². The average Bonchev–Trinajstić information content (AvgIpc) is 2.68. The largest absolute Gasteiger partial charge is 0.312 e. The SMILES string of the molecule is CCC(CCC(C)c1cccc(C(N)(C=O)c2ccccc2)c1)C(C)=O. The third-order valence-electron chi connectivity index (χ3n) is 5.39. The molecule has 0 saturated heterocycles. The van der Waals surface area contributed by atoms with Crippen LogP contribution in [0.4, 0.5) is 0 Å². The Kier molecular flexibility index (Phi) is 6.87. The van der Waals surface area contributed by atoms with Crippen LogP contribution in [0.3, 0.4) is 0 Å². The van der Waals surface area contributed by atoms with Crippen LogP contribution in [0, 0.1) is 5.92 Å². The van der Waals surface area contributed by atoms with Crippen LogP contribution < -0.4 is 5.73 Å². The van der Waals surface area contributed by atoms with Crippen LogP contribution in [0.2, 0.25) is 0 Å². The Bertz CT molecular complexity index is 741. The average molecular weight is 351 g/mol. The Balaban J connectivity index is 2.24. The molecule has 3 nitrogen and oxygen atoms in total. The van der Waals surface area contributed by atoms with Crippen molar-refractivity contribution in [2.24, 2.45) is 11.7 Å². The van der Waals surface area contributed by atoms with Gasteiger partial charge in [-0.1, -0.05) is 68.4 Å². The number of rotatable bonds is 9. The van der Waals surface area contributed by atoms with Gasteiger partial charge in [-0.05, 0) is 48.8 Å². The van der Waals surface area contributed by atoms with Crippen LogP contribution in [-0.4, -0.2) is 12.1 Å². The van der Waals surface area contributed by atoms with E-state index in [2.05, 4.69) is 19.9 Å². The molecule has 26 heavy (non-hydrogen) atoms. The molecule has 3 atom stereocenters. The van der Waals surface area contributed by atoms with Gasteiger partial charge in [0.1, 0.15) is 17.6 Å². The van der Waals surface area contributed by atoms with Gasteiger partial charge in [0.25, 0.3) is 0 Å². The van der Waals surface area contributed by atoms with Gasteiger partial charge in [0.15, 0.2) is 0 Å². The van der Waals surface area contributed by atoms with Crippen LogP contribution in [-0.2, 0) is 15.1 Å². The molecule has 2 aromatic carbocycles. The van der Waals surface area contributed by atoms with Crippen molar-refractivity contribution in [3.8, 4) is 0 Å². The van der Waals surface area contributed by atoms with E-state index in [1.54, 1.807) is 6.92 Å². The lowest BCUT2D eigenvalue weighted by Crippen LogP contribution is -2.39. The first-order valence-electron chi connectivity index (χ1n) is 9.34. The smallest absolute Gasteiger partial charge is 0.148 e. The number of hydrogen-bond acceptors (Lipinski definition) is 3. The molecule has 0 saturated carbocycles. The van der Waals surface area contributed by atoms with Gasteiger partial charge in [-0.25, -0.2) is 0 Å². The molecule has 0 aliphatic heterocycles. The molecule has 2 aromatic rings. The maximum atomic E-state index is 11.9. The van der Waals surface area contributed by atoms with E-state index in [9.17, 15) is 9.59 Å². The fourth-order valence-electron chi connectivity index (χ4n) is 3.43. The molecular weight excluding hydrogens is 322 g/mol. The van der Waals surface area contributed by atoms with Gasteiger partial charge in [0.05, 0.1) is 0 Å². The number of carbonyl (C=O) groups is 2. The van der Waals surface area contributed by atoms with Crippen molar-refractivity contribution in [1.82, 2.24) is 0 Å². The van der Waals surface area contributed by atoms with Gasteiger partial charge < -0.3 is 10.5 Å². The van der Waals surface area contributed by atoms with Gasteiger partial charge in [-0.3, -0.25) is 4.79 Å². The molecule has 2 N–H and O–H groups in total. The Labute approximate surface area is 156 Å². The fourth-order valence-corrected chi connectivity index (χ4v) is 3.43. The van der Waals surface area contributed by atoms with Gasteiger partial charge in [0.2, 0.25) is 0 Å². The summed E-state index contributed by atoms with van der Waals surface area (Å²) in [4.78, 5) is 23.5. The Morgan fingerprint density at radius 3 is 2.31 bits per heavy atom. The molecule has 3 heteroatoms. The minimum Gasteiger partial charge on any atom is -0.312 e. The van der Waals surface area contributed by atoms with E-state index < -0.39 is 5.54 Å². The predicted octanol–water partition coefficient (Wildman–Crippen LogP) is 4.59. The lowest BCUT2D eigenvalue weighted by atomic mass is 9.82. The summed E-state index contributed by atoms with van der Waals surface area (Å²) < 4.78 is 0. The minimum atomic E-state index is -1.15. The lowest BCUT2D eigenvalue weighted by Gasteiger charge is -2.25. The normalized spacial score (nSPS) is 15.7. The lowest BCUT2D eigenvalue weighted by molar-refractivity contribution is -0.121. The summed E-state index contributed by atoms with van der Waals surface area (Å²) >= 11 is 0. The highest BCUT2D eigenvalue weighted by atomic mass is 16.1. The van der Waals surface area contributed by atoms with E-state index in [-0.39, 0.29) is 11.7 Å². The number of aldehydes is 1. The summed E-state index contributed by atoms with van der Waals surface area (Å²) in [6, 6.07) is 17.4. The second-order valence-corrected chi connectivity index (χ2v) is 7.17. The Morgan fingerprint density at radius 2 is 1.73 bits per heavy atom. The third-order valence-corrected chi connectivity index (χ3v) is 5.39. The summed E-state index contributed by atoms with van der Waals surface area (Å²) in [6.45, 7) is 5.89. The van der Waals surface area contributed by atoms with E-state index in [0.717, 1.165) is 42.2 Å². The zero-order chi connectivity index (χ0) is 19.2. The van der Waals surface area contributed by atoms with Crippen molar-refractivity contribution in [1.29, 1.82) is 0 Å². The first kappa shape index (κ1) is 20.1. The summed E-state index contributed by atoms with van der Waals surface area (Å²) in [5.41, 5.74) is 8.05. The molecule has 0 fully saturated rings. The van der Waals surface area contributed by atoms with Crippen molar-refractivity contribution >= 4 is 12.1 Å². The van der Waals surface area contributed by atoms with Crippen molar-refractivity contribution in [3.63, 3.8) is 0 Å². The van der Waals surface area contributed by atoms with Gasteiger partial charge >= 0.3 is 0 Å². The Morgan fingerprint density at radius 1 is 1.08 bits per heavy atom. The molecule has 3 unspecified atom stereocenters. The molecule has 0 aromatic heterocycles. The summed E-state index contributed by atoms with van der Waals surface area (Å²) in [5, 5.41) is 0. The minimum absolute atomic E-state index is 0.133. The molecule has 0 radical (unpaired) electrons. The summed E-state index contributed by atoms with van der Waals surface area (Å²) in [7, 11) is 0. The topological polar surface area (TPSA) is 60.2 Å². The van der Waals surface area contributed by atoms with E-state index in [1.165, 1.54) is 0 Å². The molecule has 138 valence electrons. The molecule has 2 rings (SSSR count). The van der Waals surface area contributed by atoms with Crippen molar-refractivity contribution < 1.29 is 9.59 Å². The van der Waals surface area contributed by atoms with Crippen molar-refractivity contribution in [2.45, 2.75) is 51.5 Å². The molecule has 0 amide bonds. The molecule has 0 aliphatic carbocycles. The molecular formula is C23H29NO2. The van der Waals surface area contributed by atoms with Gasteiger partial charge in [-0.15, -0.1) is 0 Å². The first-order chi connectivity index (χ1) is 12.4. The van der Waals surface area contributed by atoms with Crippen LogP contribution in [0.25, 0.3) is 0 Å². The quantitative estimate of drug-likeness (QED) is 0.672. The number of carbonyl (C=O) groups excluding carboxylic acids is 2. The number of nitrogens with two attached hydrogens (primary N) is 1. The van der Waals surface area contributed by atoms with Crippen molar-refractivity contribution in [3.05, 3.63) is 71.3 Å². The monoisotopic (exact) mass is 351 g/mol. The van der Waals surface area contributed by atoms with Crippen LogP contribution >= 0.6 is 0 Å². The van der Waals surface area contributed by atoms with E-state index in [0.29, 0.717) is 5.92 Å². The number of hydrogen-bond donors (Lipinski definition) is 1. The van der Waals surface area contributed by atoms with Crippen molar-refractivity contribution in [2.75, 3.05) is 0 Å². The number of Topliss-reactive ketones (excluding diaryl/α,β-unsaturated/α-hetero) is 1. The van der Waals surface area contributed by atoms with Crippen LogP contribution in [0.1, 0.15) is 62.6 Å². The highest BCUT2D eigenvalue weighted by Crippen LogP contribution is 2.30. The highest BCUT2D eigenvalue weighted by molar-refractivity contribution is 5.78. The number of benzene rings is 2. The molecule has 0 spiro atoms. The summed E-state index contributed by atoms with van der Waals surface area (Å²) in [6.07, 6.45) is 3.52. The maximum Gasteiger partial charge on any atom is 0.148 e. The molecule has 0 bridgehead atoms. The van der Waals surface area contributed by atoms with E-state index >= 15 is 0 Å². The van der Waals surface area contributed by atoms with Gasteiger partial charge in [0, 0.05) is 5.92 Å². The standard InChI is InChI=1S/C23H29NO2/c1-4-19(18(3)26)14-13-17(2)20-9-8-12-22(15-20)23(24,16-25)21-10-6-5-7-11-21/h5-12,15-17,19H,4,13-14,24H2,1-3H3. The molecule has 0 aliphatic rings. The molecule has 0 heterocycles. The van der Waals surface area contributed by atoms with E-state index in [1.807, 2.05) is 48.5 Å². The highest BCUT2D eigenvalue weighted by Gasteiger charge is 2.29. The van der Waals surface area contributed by atoms with Crippen LogP contribution in [0.5, 0.6) is 0 Å². The number of ketones is 1.